The molecule has 1 aromatic heterocycles. The second kappa shape index (κ2) is 7.27. The first-order chi connectivity index (χ1) is 11.6. The molecule has 0 atom stereocenters. The van der Waals surface area contributed by atoms with Crippen molar-refractivity contribution in [2.45, 2.75) is 19.8 Å². The zero-order chi connectivity index (χ0) is 16.9. The molecule has 3 rings (SSSR count). The van der Waals surface area contributed by atoms with Crippen LogP contribution in [0.5, 0.6) is 0 Å². The third-order valence-electron chi connectivity index (χ3n) is 3.50. The molecule has 0 radical (unpaired) electrons. The Morgan fingerprint density at radius 1 is 1.21 bits per heavy atom. The van der Waals surface area contributed by atoms with E-state index >= 15 is 0 Å². The summed E-state index contributed by atoms with van der Waals surface area (Å²) in [7, 11) is 0. The van der Waals surface area contributed by atoms with Gasteiger partial charge in [-0.2, -0.15) is 5.10 Å². The van der Waals surface area contributed by atoms with Gasteiger partial charge >= 0.3 is 0 Å². The van der Waals surface area contributed by atoms with Crippen molar-refractivity contribution >= 4 is 23.2 Å². The number of aromatic nitrogens is 3. The van der Waals surface area contributed by atoms with E-state index in [0.717, 1.165) is 11.4 Å². The molecule has 1 amide bonds. The van der Waals surface area contributed by atoms with Crippen LogP contribution in [-0.2, 0) is 17.6 Å². The number of nitrogens with zero attached hydrogens (tertiary/aromatic N) is 2. The van der Waals surface area contributed by atoms with E-state index in [1.165, 1.54) is 5.56 Å². The summed E-state index contributed by atoms with van der Waals surface area (Å²) >= 11 is 6.03. The zero-order valence-corrected chi connectivity index (χ0v) is 14.0. The Kier molecular flexibility index (Phi) is 4.91. The fourth-order valence-corrected chi connectivity index (χ4v) is 2.59. The largest absolute Gasteiger partial charge is 0.324 e. The van der Waals surface area contributed by atoms with Gasteiger partial charge in [0.15, 0.2) is 5.82 Å². The first-order valence-corrected chi connectivity index (χ1v) is 7.98. The molecule has 0 unspecified atom stereocenters. The van der Waals surface area contributed by atoms with Gasteiger partial charge in [-0.25, -0.2) is 4.98 Å². The molecule has 0 saturated heterocycles. The van der Waals surface area contributed by atoms with Crippen molar-refractivity contribution < 1.29 is 4.79 Å². The van der Waals surface area contributed by atoms with Crippen molar-refractivity contribution in [1.29, 1.82) is 0 Å². The third-order valence-corrected chi connectivity index (χ3v) is 3.83. The molecule has 0 fully saturated rings. The molecule has 1 heterocycles. The molecule has 0 bridgehead atoms. The highest BCUT2D eigenvalue weighted by atomic mass is 35.5. The van der Waals surface area contributed by atoms with Gasteiger partial charge in [0.2, 0.25) is 5.91 Å². The Morgan fingerprint density at radius 2 is 2.04 bits per heavy atom. The molecule has 0 spiro atoms. The minimum absolute atomic E-state index is 0.0928. The summed E-state index contributed by atoms with van der Waals surface area (Å²) in [6.45, 7) is 2.05. The number of amides is 1. The average Bonchev–Trinajstić information content (AvgIpc) is 2.96. The van der Waals surface area contributed by atoms with Crippen molar-refractivity contribution in [3.8, 4) is 0 Å². The van der Waals surface area contributed by atoms with Gasteiger partial charge in [-0.1, -0.05) is 53.6 Å². The van der Waals surface area contributed by atoms with E-state index in [0.29, 0.717) is 23.0 Å². The number of para-hydroxylation sites is 1. The molecule has 122 valence electrons. The highest BCUT2D eigenvalue weighted by Crippen LogP contribution is 2.20. The van der Waals surface area contributed by atoms with Crippen molar-refractivity contribution in [1.82, 2.24) is 15.2 Å². The van der Waals surface area contributed by atoms with Crippen molar-refractivity contribution in [3.63, 3.8) is 0 Å². The number of hydrogen-bond acceptors (Lipinski definition) is 3. The minimum Gasteiger partial charge on any atom is -0.324 e. The molecular formula is C18H17ClN4O. The molecule has 0 aliphatic rings. The lowest BCUT2D eigenvalue weighted by Gasteiger charge is -2.05. The molecular weight excluding hydrogens is 324 g/mol. The highest BCUT2D eigenvalue weighted by Gasteiger charge is 2.11. The van der Waals surface area contributed by atoms with Crippen LogP contribution in [0.2, 0.25) is 5.02 Å². The number of H-pyrrole nitrogens is 1. The maximum atomic E-state index is 12.1. The van der Waals surface area contributed by atoms with Crippen LogP contribution >= 0.6 is 11.6 Å². The zero-order valence-electron chi connectivity index (χ0n) is 13.2. The molecule has 0 saturated carbocycles. The second-order valence-corrected chi connectivity index (χ2v) is 5.98. The highest BCUT2D eigenvalue weighted by molar-refractivity contribution is 6.33. The predicted octanol–water partition coefficient (Wildman–Crippen LogP) is 3.54. The Bertz CT molecular complexity index is 859. The SMILES string of the molecule is Cc1cccc(Cc2nc(CC(=O)Nc3ccccc3Cl)n[nH]2)c1. The van der Waals surface area contributed by atoms with E-state index in [9.17, 15) is 4.79 Å². The van der Waals surface area contributed by atoms with Crippen LogP contribution < -0.4 is 5.32 Å². The summed E-state index contributed by atoms with van der Waals surface area (Å²) in [6.07, 6.45) is 0.746. The number of benzene rings is 2. The second-order valence-electron chi connectivity index (χ2n) is 5.57. The summed E-state index contributed by atoms with van der Waals surface area (Å²) in [5, 5.41) is 10.3. The van der Waals surface area contributed by atoms with Gasteiger partial charge in [-0.3, -0.25) is 9.89 Å². The van der Waals surface area contributed by atoms with Crippen LogP contribution in [-0.4, -0.2) is 21.1 Å². The van der Waals surface area contributed by atoms with Crippen LogP contribution in [0.1, 0.15) is 22.8 Å². The predicted molar refractivity (Wildman–Crippen MR) is 94.2 cm³/mol. The molecule has 6 heteroatoms. The number of rotatable bonds is 5. The monoisotopic (exact) mass is 340 g/mol. The standard InChI is InChI=1S/C18H17ClN4O/c1-12-5-4-6-13(9-12)10-16-21-17(23-22-16)11-18(24)20-15-8-3-2-7-14(15)19/h2-9H,10-11H2,1H3,(H,20,24)(H,21,22,23). The van der Waals surface area contributed by atoms with Gasteiger partial charge in [-0.05, 0) is 24.6 Å². The number of nitrogens with one attached hydrogen (secondary N) is 2. The lowest BCUT2D eigenvalue weighted by atomic mass is 10.1. The molecule has 0 aliphatic carbocycles. The Labute approximate surface area is 145 Å². The first-order valence-electron chi connectivity index (χ1n) is 7.60. The van der Waals surface area contributed by atoms with Crippen molar-refractivity contribution in [2.24, 2.45) is 0 Å². The van der Waals surface area contributed by atoms with E-state index in [4.69, 9.17) is 11.6 Å². The average molecular weight is 341 g/mol. The quantitative estimate of drug-likeness (QED) is 0.746. The van der Waals surface area contributed by atoms with Crippen LogP contribution in [0.15, 0.2) is 48.5 Å². The number of carbonyl (C=O) groups excluding carboxylic acids is 1. The Balaban J connectivity index is 1.61. The number of anilines is 1. The van der Waals surface area contributed by atoms with Crippen LogP contribution in [0, 0.1) is 6.92 Å². The topological polar surface area (TPSA) is 70.7 Å². The molecule has 2 N–H and O–H groups in total. The van der Waals surface area contributed by atoms with Crippen LogP contribution in [0.3, 0.4) is 0 Å². The van der Waals surface area contributed by atoms with Crippen LogP contribution in [0.25, 0.3) is 0 Å². The maximum absolute atomic E-state index is 12.1. The molecule has 2 aromatic carbocycles. The van der Waals surface area contributed by atoms with Gasteiger partial charge < -0.3 is 5.32 Å². The van der Waals surface area contributed by atoms with Crippen molar-refractivity contribution in [3.05, 3.63) is 76.3 Å². The smallest absolute Gasteiger partial charge is 0.232 e. The lowest BCUT2D eigenvalue weighted by molar-refractivity contribution is -0.115. The first kappa shape index (κ1) is 16.2. The van der Waals surface area contributed by atoms with E-state index in [-0.39, 0.29) is 12.3 Å². The van der Waals surface area contributed by atoms with Gasteiger partial charge in [0.25, 0.3) is 0 Å². The maximum Gasteiger partial charge on any atom is 0.232 e. The van der Waals surface area contributed by atoms with Gasteiger partial charge in [0.05, 0.1) is 17.1 Å². The molecule has 5 nitrogen and oxygen atoms in total. The van der Waals surface area contributed by atoms with Crippen LogP contribution in [0.4, 0.5) is 5.69 Å². The van der Waals surface area contributed by atoms with Gasteiger partial charge in [-0.15, -0.1) is 0 Å². The molecule has 24 heavy (non-hydrogen) atoms. The van der Waals surface area contributed by atoms with Crippen molar-refractivity contribution in [2.75, 3.05) is 5.32 Å². The number of carbonyl (C=O) groups is 1. The fourth-order valence-electron chi connectivity index (χ4n) is 2.41. The van der Waals surface area contributed by atoms with Gasteiger partial charge in [0, 0.05) is 6.42 Å². The number of halogens is 1. The minimum atomic E-state index is -0.204. The lowest BCUT2D eigenvalue weighted by Crippen LogP contribution is -2.15. The summed E-state index contributed by atoms with van der Waals surface area (Å²) in [4.78, 5) is 16.5. The van der Waals surface area contributed by atoms with Gasteiger partial charge in [0.1, 0.15) is 5.82 Å². The van der Waals surface area contributed by atoms with E-state index < -0.39 is 0 Å². The Hall–Kier alpha value is -2.66. The Morgan fingerprint density at radius 3 is 2.83 bits per heavy atom. The summed E-state index contributed by atoms with van der Waals surface area (Å²) in [5.41, 5.74) is 2.93. The number of aryl methyl sites for hydroxylation is 1. The summed E-state index contributed by atoms with van der Waals surface area (Å²) in [5.74, 6) is 0.993. The summed E-state index contributed by atoms with van der Waals surface area (Å²) < 4.78 is 0. The normalized spacial score (nSPS) is 10.6. The fraction of sp³-hybridized carbons (Fsp3) is 0.167. The number of aromatic amines is 1. The molecule has 0 aliphatic heterocycles. The third kappa shape index (κ3) is 4.20. The molecule has 3 aromatic rings. The van der Waals surface area contributed by atoms with E-state index in [2.05, 4.69) is 26.6 Å². The van der Waals surface area contributed by atoms with E-state index in [1.807, 2.05) is 37.3 Å². The number of hydrogen-bond donors (Lipinski definition) is 2. The van der Waals surface area contributed by atoms with E-state index in [1.54, 1.807) is 12.1 Å². The summed E-state index contributed by atoms with van der Waals surface area (Å²) in [6, 6.07) is 15.3.